The van der Waals surface area contributed by atoms with Gasteiger partial charge < -0.3 is 34.0 Å². The Balaban J connectivity index is 2.28. The largest absolute Gasteiger partial charge is 0.497 e. The molecule has 1 aromatic heterocycles. The van der Waals surface area contributed by atoms with Gasteiger partial charge in [-0.3, -0.25) is 4.79 Å². The fourth-order valence-electron chi connectivity index (χ4n) is 3.37. The van der Waals surface area contributed by atoms with Gasteiger partial charge in [-0.2, -0.15) is 5.26 Å². The Labute approximate surface area is 185 Å². The van der Waals surface area contributed by atoms with Gasteiger partial charge in [0, 0.05) is 17.8 Å². The number of hydrogen-bond donors (Lipinski definition) is 1. The molecule has 9 heteroatoms. The van der Waals surface area contributed by atoms with Gasteiger partial charge in [0.25, 0.3) is 0 Å². The summed E-state index contributed by atoms with van der Waals surface area (Å²) in [5.41, 5.74) is 7.21. The number of nitrogen functional groups attached to an aromatic ring is 1. The van der Waals surface area contributed by atoms with E-state index in [4.69, 9.17) is 29.4 Å². The van der Waals surface area contributed by atoms with Gasteiger partial charge in [0.1, 0.15) is 23.3 Å². The summed E-state index contributed by atoms with van der Waals surface area (Å²) in [5, 5.41) is 9.55. The molecular formula is C23H23N3O6. The third-order valence-corrected chi connectivity index (χ3v) is 4.95. The number of ether oxygens (including phenoxy) is 5. The minimum Gasteiger partial charge on any atom is -0.497 e. The minimum atomic E-state index is -0.451. The standard InChI is InChI=1S/C23H23N3O6/c1-28-15-6-7-17(29-2)16(10-15)26-12-14(11-24)20(25)21(26)22(27)13-8-18(30-3)23(32-5)19(9-13)31-4/h6-10,12H,25H2,1-5H3. The monoisotopic (exact) mass is 437 g/mol. The maximum atomic E-state index is 13.6. The highest BCUT2D eigenvalue weighted by molar-refractivity contribution is 6.12. The molecule has 0 amide bonds. The Kier molecular flexibility index (Phi) is 6.45. The van der Waals surface area contributed by atoms with E-state index in [0.717, 1.165) is 0 Å². The van der Waals surface area contributed by atoms with Crippen molar-refractivity contribution in [2.45, 2.75) is 0 Å². The van der Waals surface area contributed by atoms with Crippen LogP contribution < -0.4 is 29.4 Å². The zero-order chi connectivity index (χ0) is 23.4. The van der Waals surface area contributed by atoms with E-state index in [0.29, 0.717) is 34.4 Å². The molecule has 3 rings (SSSR count). The second-order valence-electron chi connectivity index (χ2n) is 6.57. The SMILES string of the molecule is COc1ccc(OC)c(-n2cc(C#N)c(N)c2C(=O)c2cc(OC)c(OC)c(OC)c2)c1. The number of methoxy groups -OCH3 is 5. The molecule has 166 valence electrons. The lowest BCUT2D eigenvalue weighted by molar-refractivity contribution is 0.103. The number of nitrogens with two attached hydrogens (primary N) is 1. The van der Waals surface area contributed by atoms with Gasteiger partial charge in [0.2, 0.25) is 11.5 Å². The summed E-state index contributed by atoms with van der Waals surface area (Å²) in [7, 11) is 7.41. The van der Waals surface area contributed by atoms with Crippen LogP contribution >= 0.6 is 0 Å². The summed E-state index contributed by atoms with van der Waals surface area (Å²) >= 11 is 0. The third-order valence-electron chi connectivity index (χ3n) is 4.95. The van der Waals surface area contributed by atoms with E-state index in [9.17, 15) is 10.1 Å². The van der Waals surface area contributed by atoms with E-state index < -0.39 is 5.78 Å². The van der Waals surface area contributed by atoms with Crippen molar-refractivity contribution in [2.24, 2.45) is 0 Å². The number of carbonyl (C=O) groups excluding carboxylic acids is 1. The highest BCUT2D eigenvalue weighted by atomic mass is 16.5. The van der Waals surface area contributed by atoms with Gasteiger partial charge >= 0.3 is 0 Å². The lowest BCUT2D eigenvalue weighted by Crippen LogP contribution is -2.12. The minimum absolute atomic E-state index is 0.0381. The van der Waals surface area contributed by atoms with Crippen LogP contribution in [0.2, 0.25) is 0 Å². The predicted molar refractivity (Wildman–Crippen MR) is 118 cm³/mol. The van der Waals surface area contributed by atoms with Crippen molar-refractivity contribution in [2.75, 3.05) is 41.3 Å². The molecule has 0 spiro atoms. The summed E-state index contributed by atoms with van der Waals surface area (Å²) in [6.45, 7) is 0. The molecule has 0 aliphatic heterocycles. The molecule has 2 N–H and O–H groups in total. The summed E-state index contributed by atoms with van der Waals surface area (Å²) in [4.78, 5) is 13.6. The first-order chi connectivity index (χ1) is 15.4. The predicted octanol–water partition coefficient (Wildman–Crippen LogP) is 3.21. The molecule has 0 aliphatic rings. The number of hydrogen-bond acceptors (Lipinski definition) is 8. The number of benzene rings is 2. The maximum Gasteiger partial charge on any atom is 0.212 e. The Morgan fingerprint density at radius 3 is 2.03 bits per heavy atom. The highest BCUT2D eigenvalue weighted by Crippen LogP contribution is 2.40. The number of rotatable bonds is 8. The molecule has 0 unspecified atom stereocenters. The molecule has 0 saturated carbocycles. The number of nitrogens with zero attached hydrogens (tertiary/aromatic N) is 2. The second-order valence-corrected chi connectivity index (χ2v) is 6.57. The van der Waals surface area contributed by atoms with Crippen molar-refractivity contribution in [3.8, 4) is 40.5 Å². The van der Waals surface area contributed by atoms with Gasteiger partial charge in [-0.1, -0.05) is 0 Å². The molecule has 0 saturated heterocycles. The molecule has 9 nitrogen and oxygen atoms in total. The van der Waals surface area contributed by atoms with Crippen molar-refractivity contribution in [3.05, 3.63) is 53.3 Å². The quantitative estimate of drug-likeness (QED) is 0.534. The number of aromatic nitrogens is 1. The van der Waals surface area contributed by atoms with Crippen LogP contribution in [0, 0.1) is 11.3 Å². The maximum absolute atomic E-state index is 13.6. The third kappa shape index (κ3) is 3.74. The summed E-state index contributed by atoms with van der Waals surface area (Å²) in [5.74, 6) is 1.52. The van der Waals surface area contributed by atoms with Crippen LogP contribution in [0.15, 0.2) is 36.5 Å². The molecule has 0 aliphatic carbocycles. The van der Waals surface area contributed by atoms with Crippen LogP contribution in [0.3, 0.4) is 0 Å². The number of ketones is 1. The van der Waals surface area contributed by atoms with Gasteiger partial charge in [-0.15, -0.1) is 0 Å². The fraction of sp³-hybridized carbons (Fsp3) is 0.217. The van der Waals surface area contributed by atoms with Crippen molar-refractivity contribution in [3.63, 3.8) is 0 Å². The van der Waals surface area contributed by atoms with Gasteiger partial charge in [0.05, 0.1) is 52.5 Å². The number of nitriles is 1. The van der Waals surface area contributed by atoms with E-state index in [1.54, 1.807) is 18.2 Å². The highest BCUT2D eigenvalue weighted by Gasteiger charge is 2.26. The van der Waals surface area contributed by atoms with Crippen LogP contribution in [0.4, 0.5) is 5.69 Å². The van der Waals surface area contributed by atoms with Crippen LogP contribution in [0.1, 0.15) is 21.6 Å². The Morgan fingerprint density at radius 1 is 0.906 bits per heavy atom. The summed E-state index contributed by atoms with van der Waals surface area (Å²) in [6.07, 6.45) is 1.48. The van der Waals surface area contributed by atoms with Crippen LogP contribution in [-0.4, -0.2) is 45.9 Å². The molecule has 0 atom stereocenters. The molecule has 32 heavy (non-hydrogen) atoms. The average molecular weight is 437 g/mol. The van der Waals surface area contributed by atoms with Crippen molar-refractivity contribution < 1.29 is 28.5 Å². The molecule has 0 fully saturated rings. The van der Waals surface area contributed by atoms with Crippen molar-refractivity contribution in [1.29, 1.82) is 5.26 Å². The van der Waals surface area contributed by atoms with E-state index in [1.807, 2.05) is 6.07 Å². The van der Waals surface area contributed by atoms with E-state index >= 15 is 0 Å². The van der Waals surface area contributed by atoms with Crippen molar-refractivity contribution >= 4 is 11.5 Å². The van der Waals surface area contributed by atoms with Gasteiger partial charge in [-0.05, 0) is 24.3 Å². The first kappa shape index (κ1) is 22.4. The van der Waals surface area contributed by atoms with E-state index in [-0.39, 0.29) is 22.5 Å². The molecule has 2 aromatic carbocycles. The molecule has 0 radical (unpaired) electrons. The number of carbonyl (C=O) groups is 1. The fourth-order valence-corrected chi connectivity index (χ4v) is 3.37. The summed E-state index contributed by atoms with van der Waals surface area (Å²) in [6, 6.07) is 10.2. The van der Waals surface area contributed by atoms with E-state index in [2.05, 4.69) is 0 Å². The topological polar surface area (TPSA) is 118 Å². The smallest absolute Gasteiger partial charge is 0.212 e. The normalized spacial score (nSPS) is 10.2. The average Bonchev–Trinajstić information content (AvgIpc) is 3.17. The zero-order valence-corrected chi connectivity index (χ0v) is 18.4. The second kappa shape index (κ2) is 9.22. The Hall–Kier alpha value is -4.32. The molecule has 3 aromatic rings. The number of anilines is 1. The first-order valence-electron chi connectivity index (χ1n) is 9.42. The molecule has 0 bridgehead atoms. The van der Waals surface area contributed by atoms with Gasteiger partial charge in [0.15, 0.2) is 11.5 Å². The van der Waals surface area contributed by atoms with Crippen molar-refractivity contribution in [1.82, 2.24) is 4.57 Å². The lowest BCUT2D eigenvalue weighted by atomic mass is 10.0. The van der Waals surface area contributed by atoms with Crippen LogP contribution in [0.25, 0.3) is 5.69 Å². The van der Waals surface area contributed by atoms with Crippen LogP contribution in [-0.2, 0) is 0 Å². The van der Waals surface area contributed by atoms with E-state index in [1.165, 1.54) is 58.4 Å². The lowest BCUT2D eigenvalue weighted by Gasteiger charge is -2.16. The molecular weight excluding hydrogens is 414 g/mol. The zero-order valence-electron chi connectivity index (χ0n) is 18.4. The summed E-state index contributed by atoms with van der Waals surface area (Å²) < 4.78 is 28.3. The Morgan fingerprint density at radius 2 is 1.53 bits per heavy atom. The first-order valence-corrected chi connectivity index (χ1v) is 9.42. The Bertz CT molecular complexity index is 1180. The van der Waals surface area contributed by atoms with Crippen LogP contribution in [0.5, 0.6) is 28.7 Å². The molecule has 1 heterocycles. The van der Waals surface area contributed by atoms with Gasteiger partial charge in [-0.25, -0.2) is 0 Å².